The number of hydrogen-bond acceptors (Lipinski definition) is 7. The Bertz CT molecular complexity index is 947. The first-order chi connectivity index (χ1) is 27.6. The number of unbranched alkanes of at least 4 members (excludes halogenated alkanes) is 28. The Morgan fingerprint density at radius 2 is 0.877 bits per heavy atom. The van der Waals surface area contributed by atoms with Gasteiger partial charge in [-0.25, -0.2) is 0 Å². The van der Waals surface area contributed by atoms with Gasteiger partial charge in [0.25, 0.3) is 0 Å². The van der Waals surface area contributed by atoms with E-state index in [1.54, 1.807) is 21.1 Å². The number of carbonyl (C=O) groups excluding carboxylic acids is 3. The van der Waals surface area contributed by atoms with Gasteiger partial charge in [-0.1, -0.05) is 187 Å². The highest BCUT2D eigenvalue weighted by molar-refractivity contribution is 5.70. The molecule has 2 unspecified atom stereocenters. The van der Waals surface area contributed by atoms with Crippen molar-refractivity contribution in [3.63, 3.8) is 0 Å². The molecule has 0 amide bonds. The fraction of sp³-hybridized carbons (Fsp3) is 0.898. The minimum atomic E-state index is -1.12. The molecule has 0 rings (SSSR count). The first kappa shape index (κ1) is 55.1. The summed E-state index contributed by atoms with van der Waals surface area (Å²) >= 11 is 0. The third kappa shape index (κ3) is 39.3. The average molecular weight is 808 g/mol. The van der Waals surface area contributed by atoms with Gasteiger partial charge in [-0.15, -0.1) is 0 Å². The number of hydrogen-bond donors (Lipinski definition) is 0. The molecular formula is C49H93NO7. The molecule has 0 fully saturated rings. The van der Waals surface area contributed by atoms with E-state index in [0.717, 1.165) is 38.5 Å². The van der Waals surface area contributed by atoms with Crippen LogP contribution in [0, 0.1) is 0 Å². The predicted molar refractivity (Wildman–Crippen MR) is 236 cm³/mol. The number of esters is 2. The van der Waals surface area contributed by atoms with Crippen LogP contribution in [0.3, 0.4) is 0 Å². The van der Waals surface area contributed by atoms with E-state index in [9.17, 15) is 19.5 Å². The van der Waals surface area contributed by atoms with E-state index < -0.39 is 18.1 Å². The fourth-order valence-corrected chi connectivity index (χ4v) is 7.36. The third-order valence-corrected chi connectivity index (χ3v) is 11.2. The number of likely N-dealkylation sites (N-methyl/N-ethyl adjacent to an activating group) is 1. The summed E-state index contributed by atoms with van der Waals surface area (Å²) in [4.78, 5) is 36.9. The average Bonchev–Trinajstić information content (AvgIpc) is 3.17. The van der Waals surface area contributed by atoms with Gasteiger partial charge in [0.1, 0.15) is 12.6 Å². The Morgan fingerprint density at radius 3 is 1.26 bits per heavy atom. The van der Waals surface area contributed by atoms with E-state index >= 15 is 0 Å². The van der Waals surface area contributed by atoms with Crippen molar-refractivity contribution in [1.82, 2.24) is 0 Å². The Labute approximate surface area is 352 Å². The maximum atomic E-state index is 12.7. The zero-order valence-electron chi connectivity index (χ0n) is 38.3. The zero-order chi connectivity index (χ0) is 42.1. The molecule has 2 atom stereocenters. The SMILES string of the molecule is CCCCCCCCCCC/C=C/CCCCCCCCCC(=O)OC(COCCC(C(=O)[O-])[N+](C)(C)C)COC(=O)CCCCCCCCCCCCCCC. The minimum Gasteiger partial charge on any atom is -0.544 e. The van der Waals surface area contributed by atoms with E-state index in [0.29, 0.717) is 12.8 Å². The quantitative estimate of drug-likeness (QED) is 0.0261. The van der Waals surface area contributed by atoms with Gasteiger partial charge in [0, 0.05) is 19.3 Å². The number of carbonyl (C=O) groups is 3. The lowest BCUT2D eigenvalue weighted by Crippen LogP contribution is -2.55. The molecule has 0 aromatic carbocycles. The summed E-state index contributed by atoms with van der Waals surface area (Å²) in [6.45, 7) is 4.69. The van der Waals surface area contributed by atoms with Crippen molar-refractivity contribution in [2.45, 2.75) is 244 Å². The molecule has 0 N–H and O–H groups in total. The second-order valence-corrected chi connectivity index (χ2v) is 17.7. The fourth-order valence-electron chi connectivity index (χ4n) is 7.36. The smallest absolute Gasteiger partial charge is 0.306 e. The highest BCUT2D eigenvalue weighted by Crippen LogP contribution is 2.16. The van der Waals surface area contributed by atoms with Crippen LogP contribution < -0.4 is 5.11 Å². The first-order valence-corrected chi connectivity index (χ1v) is 24.2. The summed E-state index contributed by atoms with van der Waals surface area (Å²) in [6.07, 6.45) is 43.8. The van der Waals surface area contributed by atoms with Gasteiger partial charge in [-0.3, -0.25) is 9.59 Å². The molecular weight excluding hydrogens is 715 g/mol. The van der Waals surface area contributed by atoms with Crippen LogP contribution in [0.2, 0.25) is 0 Å². The number of allylic oxidation sites excluding steroid dienone is 2. The third-order valence-electron chi connectivity index (χ3n) is 11.2. The van der Waals surface area contributed by atoms with E-state index in [-0.39, 0.29) is 42.7 Å². The van der Waals surface area contributed by atoms with E-state index in [1.807, 2.05) is 0 Å². The van der Waals surface area contributed by atoms with Crippen molar-refractivity contribution in [3.05, 3.63) is 12.2 Å². The minimum absolute atomic E-state index is 0.0448. The van der Waals surface area contributed by atoms with Crippen LogP contribution in [-0.4, -0.2) is 75.5 Å². The molecule has 0 aromatic rings. The van der Waals surface area contributed by atoms with Crippen LogP contribution in [0.4, 0.5) is 0 Å². The lowest BCUT2D eigenvalue weighted by molar-refractivity contribution is -0.889. The summed E-state index contributed by atoms with van der Waals surface area (Å²) < 4.78 is 17.2. The first-order valence-electron chi connectivity index (χ1n) is 24.2. The maximum absolute atomic E-state index is 12.7. The maximum Gasteiger partial charge on any atom is 0.306 e. The van der Waals surface area contributed by atoms with Crippen LogP contribution in [-0.2, 0) is 28.6 Å². The number of carboxylic acids is 1. The summed E-state index contributed by atoms with van der Waals surface area (Å²) in [5, 5.41) is 11.6. The van der Waals surface area contributed by atoms with Crippen molar-refractivity contribution in [3.8, 4) is 0 Å². The van der Waals surface area contributed by atoms with Crippen LogP contribution in [0.15, 0.2) is 12.2 Å². The molecule has 0 saturated carbocycles. The lowest BCUT2D eigenvalue weighted by atomic mass is 10.0. The number of ether oxygens (including phenoxy) is 3. The molecule has 0 aliphatic rings. The molecule has 0 heterocycles. The van der Waals surface area contributed by atoms with Crippen LogP contribution in [0.25, 0.3) is 0 Å². The van der Waals surface area contributed by atoms with Crippen molar-refractivity contribution in [2.24, 2.45) is 0 Å². The topological polar surface area (TPSA) is 102 Å². The number of rotatable bonds is 44. The highest BCUT2D eigenvalue weighted by atomic mass is 16.6. The normalized spacial score (nSPS) is 12.9. The van der Waals surface area contributed by atoms with Crippen LogP contribution >= 0.6 is 0 Å². The van der Waals surface area contributed by atoms with Crippen molar-refractivity contribution in [2.75, 3.05) is 41.0 Å². The van der Waals surface area contributed by atoms with E-state index in [1.165, 1.54) is 161 Å². The van der Waals surface area contributed by atoms with E-state index in [4.69, 9.17) is 14.2 Å². The number of quaternary nitrogens is 1. The van der Waals surface area contributed by atoms with Crippen LogP contribution in [0.1, 0.15) is 232 Å². The van der Waals surface area contributed by atoms with Crippen molar-refractivity contribution >= 4 is 17.9 Å². The summed E-state index contributed by atoms with van der Waals surface area (Å²) in [7, 11) is 5.42. The van der Waals surface area contributed by atoms with Gasteiger partial charge in [0.2, 0.25) is 0 Å². The molecule has 0 bridgehead atoms. The second-order valence-electron chi connectivity index (χ2n) is 17.7. The van der Waals surface area contributed by atoms with Gasteiger partial charge >= 0.3 is 11.9 Å². The zero-order valence-corrected chi connectivity index (χ0v) is 38.3. The number of carboxylic acid groups (broad SMARTS) is 1. The molecule has 0 spiro atoms. The molecule has 0 aliphatic heterocycles. The molecule has 8 heteroatoms. The van der Waals surface area contributed by atoms with E-state index in [2.05, 4.69) is 26.0 Å². The van der Waals surface area contributed by atoms with Gasteiger partial charge in [0.05, 0.1) is 40.3 Å². The summed E-state index contributed by atoms with van der Waals surface area (Å²) in [5.41, 5.74) is 0. The Hall–Kier alpha value is -1.93. The van der Waals surface area contributed by atoms with Crippen LogP contribution in [0.5, 0.6) is 0 Å². The Morgan fingerprint density at radius 1 is 0.509 bits per heavy atom. The molecule has 0 saturated heterocycles. The predicted octanol–water partition coefficient (Wildman–Crippen LogP) is 12.1. The lowest BCUT2D eigenvalue weighted by Gasteiger charge is -2.34. The van der Waals surface area contributed by atoms with Crippen molar-refractivity contribution < 1.29 is 38.2 Å². The summed E-state index contributed by atoms with van der Waals surface area (Å²) in [6, 6.07) is -0.722. The molecule has 0 radical (unpaired) electrons. The summed E-state index contributed by atoms with van der Waals surface area (Å²) in [5.74, 6) is -1.72. The molecule has 0 aromatic heterocycles. The Balaban J connectivity index is 4.24. The molecule has 336 valence electrons. The van der Waals surface area contributed by atoms with Gasteiger partial charge in [-0.05, 0) is 38.5 Å². The number of aliphatic carboxylic acids is 1. The number of nitrogens with zero attached hydrogens (tertiary/aromatic N) is 1. The molecule has 8 nitrogen and oxygen atoms in total. The second kappa shape index (κ2) is 40.8. The van der Waals surface area contributed by atoms with Gasteiger partial charge < -0.3 is 28.6 Å². The monoisotopic (exact) mass is 808 g/mol. The largest absolute Gasteiger partial charge is 0.544 e. The Kier molecular flexibility index (Phi) is 39.4. The van der Waals surface area contributed by atoms with Crippen molar-refractivity contribution in [1.29, 1.82) is 0 Å². The van der Waals surface area contributed by atoms with Gasteiger partial charge in [0.15, 0.2) is 6.10 Å². The molecule has 0 aliphatic carbocycles. The highest BCUT2D eigenvalue weighted by Gasteiger charge is 2.25. The van der Waals surface area contributed by atoms with Gasteiger partial charge in [-0.2, -0.15) is 0 Å². The molecule has 57 heavy (non-hydrogen) atoms. The standard InChI is InChI=1S/C49H93NO7/c1-6-8-10-12-14-16-18-20-21-22-23-24-25-26-28-30-32-34-36-38-40-48(52)57-45(43-55-42-41-46(49(53)54)50(3,4)5)44-56-47(51)39-37-35-33-31-29-27-19-17-15-13-11-9-7-2/h23-24,45-46H,6-22,25-44H2,1-5H3/b24-23+.